The van der Waals surface area contributed by atoms with E-state index in [1.54, 1.807) is 49.7 Å². The molecule has 2 saturated carbocycles. The molecule has 2 fully saturated rings. The van der Waals surface area contributed by atoms with Gasteiger partial charge in [-0.15, -0.1) is 0 Å². The van der Waals surface area contributed by atoms with Crippen LogP contribution in [0.2, 0.25) is 5.02 Å². The fourth-order valence-electron chi connectivity index (χ4n) is 6.03. The van der Waals surface area contributed by atoms with Crippen molar-refractivity contribution in [1.29, 1.82) is 0 Å². The molecule has 0 bridgehead atoms. The monoisotopic (exact) mass is 675 g/mol. The molecule has 7 nitrogen and oxygen atoms in total. The summed E-state index contributed by atoms with van der Waals surface area (Å²) in [7, 11) is 3.80. The van der Waals surface area contributed by atoms with Gasteiger partial charge in [-0.05, 0) is 104 Å². The van der Waals surface area contributed by atoms with E-state index >= 15 is 0 Å². The lowest BCUT2D eigenvalue weighted by atomic mass is 10.0. The Labute approximate surface area is 280 Å². The predicted octanol–water partition coefficient (Wildman–Crippen LogP) is 9.37. The van der Waals surface area contributed by atoms with Crippen LogP contribution in [0.3, 0.4) is 0 Å². The maximum atomic E-state index is 13.3. The van der Waals surface area contributed by atoms with Crippen LogP contribution in [0.4, 0.5) is 18.9 Å². The van der Waals surface area contributed by atoms with Gasteiger partial charge in [-0.1, -0.05) is 23.7 Å². The average molecular weight is 676 g/mol. The highest BCUT2D eigenvalue weighted by molar-refractivity contribution is 6.31. The van der Waals surface area contributed by atoms with Crippen molar-refractivity contribution in [1.82, 2.24) is 9.88 Å². The molecule has 0 unspecified atom stereocenters. The summed E-state index contributed by atoms with van der Waals surface area (Å²) in [6.45, 7) is 1.69. The predicted molar refractivity (Wildman–Crippen MR) is 180 cm³/mol. The topological polar surface area (TPSA) is 72.9 Å². The van der Waals surface area contributed by atoms with Crippen molar-refractivity contribution in [2.24, 2.45) is 5.92 Å². The van der Waals surface area contributed by atoms with Crippen LogP contribution in [0.1, 0.15) is 41.6 Å². The van der Waals surface area contributed by atoms with E-state index in [1.807, 2.05) is 18.2 Å². The number of carbonyl (C=O) groups excluding carboxylic acids is 1. The zero-order chi connectivity index (χ0) is 33.6. The van der Waals surface area contributed by atoms with Gasteiger partial charge < -0.3 is 19.5 Å². The van der Waals surface area contributed by atoms with Crippen molar-refractivity contribution < 1.29 is 32.2 Å². The van der Waals surface area contributed by atoms with Crippen LogP contribution in [0.25, 0.3) is 21.7 Å². The highest BCUT2D eigenvalue weighted by Crippen LogP contribution is 2.45. The third kappa shape index (κ3) is 6.59. The van der Waals surface area contributed by atoms with Gasteiger partial charge in [0.15, 0.2) is 11.5 Å². The number of aromatic nitrogens is 1. The Balaban J connectivity index is 1.10. The van der Waals surface area contributed by atoms with Crippen LogP contribution >= 0.6 is 11.6 Å². The van der Waals surface area contributed by atoms with Crippen LogP contribution < -0.4 is 19.5 Å². The summed E-state index contributed by atoms with van der Waals surface area (Å²) in [4.78, 5) is 20.2. The molecule has 2 aliphatic carbocycles. The van der Waals surface area contributed by atoms with E-state index in [2.05, 4.69) is 22.2 Å². The molecule has 0 saturated heterocycles. The van der Waals surface area contributed by atoms with E-state index in [0.717, 1.165) is 42.8 Å². The fourth-order valence-corrected chi connectivity index (χ4v) is 6.26. The van der Waals surface area contributed by atoms with Crippen molar-refractivity contribution in [2.45, 2.75) is 37.4 Å². The number of nitrogens with one attached hydrogen (secondary N) is 1. The number of methoxy groups -OCH3 is 1. The molecule has 1 amide bonds. The minimum absolute atomic E-state index is 0.0183. The molecular weight excluding hydrogens is 643 g/mol. The molecule has 0 spiro atoms. The third-order valence-corrected chi connectivity index (χ3v) is 9.53. The molecule has 1 aromatic heterocycles. The minimum Gasteiger partial charge on any atom is -0.493 e. The number of anilines is 1. The first-order chi connectivity index (χ1) is 23.0. The van der Waals surface area contributed by atoms with Gasteiger partial charge in [-0.2, -0.15) is 13.2 Å². The standard InChI is InChI=1S/C37H33ClF3N3O4/c1-44(20-22-6-7-22)36(13-14-36)21-47-34-19-31-28(18-33(34)46-2)32(12-15-42-31)48-25-9-10-26-23(16-25)4-3-5-27(26)35(45)43-24-8-11-30(38)29(17-24)37(39,40)41/h3-5,8-12,15-19,22H,6-7,13-14,20-21H2,1-2H3,(H,43,45). The number of alkyl halides is 3. The summed E-state index contributed by atoms with van der Waals surface area (Å²) >= 11 is 5.73. The smallest absolute Gasteiger partial charge is 0.417 e. The number of hydrogen-bond donors (Lipinski definition) is 1. The maximum Gasteiger partial charge on any atom is 0.417 e. The molecule has 0 radical (unpaired) electrons. The number of benzene rings is 4. The van der Waals surface area contributed by atoms with Crippen LogP contribution in [-0.2, 0) is 6.18 Å². The van der Waals surface area contributed by atoms with Crippen molar-refractivity contribution in [2.75, 3.05) is 32.6 Å². The van der Waals surface area contributed by atoms with E-state index in [-0.39, 0.29) is 11.2 Å². The van der Waals surface area contributed by atoms with Gasteiger partial charge >= 0.3 is 6.18 Å². The summed E-state index contributed by atoms with van der Waals surface area (Å²) in [5.74, 6) is 2.55. The van der Waals surface area contributed by atoms with Crippen molar-refractivity contribution in [3.05, 3.63) is 95.1 Å². The number of fused-ring (bicyclic) bond motifs is 2. The molecule has 248 valence electrons. The lowest BCUT2D eigenvalue weighted by Crippen LogP contribution is -2.40. The van der Waals surface area contributed by atoms with Gasteiger partial charge in [0.25, 0.3) is 5.91 Å². The minimum atomic E-state index is -4.65. The summed E-state index contributed by atoms with van der Waals surface area (Å²) in [6.07, 6.45) is 1.88. The molecule has 7 rings (SSSR count). The van der Waals surface area contributed by atoms with Crippen molar-refractivity contribution >= 4 is 44.9 Å². The van der Waals surface area contributed by atoms with E-state index < -0.39 is 22.7 Å². The van der Waals surface area contributed by atoms with E-state index in [9.17, 15) is 18.0 Å². The maximum absolute atomic E-state index is 13.3. The van der Waals surface area contributed by atoms with Crippen molar-refractivity contribution in [3.8, 4) is 23.0 Å². The first kappa shape index (κ1) is 32.0. The SMILES string of the molecule is COc1cc2c(Oc3ccc4c(C(=O)Nc5ccc(Cl)c(C(F)(F)F)c5)cccc4c3)ccnc2cc1OCC1(N(C)CC2CC2)CC1. The quantitative estimate of drug-likeness (QED) is 0.150. The largest absolute Gasteiger partial charge is 0.493 e. The van der Waals surface area contributed by atoms with Gasteiger partial charge in [-0.3, -0.25) is 14.7 Å². The Morgan fingerprint density at radius 1 is 1.00 bits per heavy atom. The van der Waals surface area contributed by atoms with Gasteiger partial charge in [-0.25, -0.2) is 0 Å². The number of carbonyl (C=O) groups is 1. The Morgan fingerprint density at radius 3 is 2.54 bits per heavy atom. The zero-order valence-corrected chi connectivity index (χ0v) is 27.1. The Hall–Kier alpha value is -4.54. The number of likely N-dealkylation sites (N-methyl/N-ethyl adjacent to an activating group) is 1. The number of amides is 1. The highest BCUT2D eigenvalue weighted by Gasteiger charge is 2.48. The second-order valence-corrected chi connectivity index (χ2v) is 13.0. The van der Waals surface area contributed by atoms with Crippen LogP contribution in [0.5, 0.6) is 23.0 Å². The summed E-state index contributed by atoms with van der Waals surface area (Å²) in [5, 5.41) is 4.16. The lowest BCUT2D eigenvalue weighted by Gasteiger charge is -2.28. The lowest BCUT2D eigenvalue weighted by molar-refractivity contribution is -0.137. The molecule has 1 N–H and O–H groups in total. The van der Waals surface area contributed by atoms with Gasteiger partial charge in [0, 0.05) is 35.4 Å². The summed E-state index contributed by atoms with van der Waals surface area (Å²) in [6, 6.07) is 19.2. The number of halogens is 4. The van der Waals surface area contributed by atoms with Crippen LogP contribution in [0.15, 0.2) is 79.0 Å². The first-order valence-electron chi connectivity index (χ1n) is 15.7. The summed E-state index contributed by atoms with van der Waals surface area (Å²) < 4.78 is 58.4. The number of pyridine rings is 1. The average Bonchev–Trinajstić information content (AvgIpc) is 4.00. The van der Waals surface area contributed by atoms with Crippen LogP contribution in [0, 0.1) is 5.92 Å². The number of hydrogen-bond acceptors (Lipinski definition) is 6. The number of nitrogens with zero attached hydrogens (tertiary/aromatic N) is 2. The zero-order valence-electron chi connectivity index (χ0n) is 26.4. The third-order valence-electron chi connectivity index (χ3n) is 9.20. The van der Waals surface area contributed by atoms with Gasteiger partial charge in [0.1, 0.15) is 18.1 Å². The van der Waals surface area contributed by atoms with Crippen LogP contribution in [-0.4, -0.2) is 48.6 Å². The van der Waals surface area contributed by atoms with E-state index in [1.165, 1.54) is 18.9 Å². The number of ether oxygens (including phenoxy) is 3. The molecule has 5 aromatic rings. The second-order valence-electron chi connectivity index (χ2n) is 12.6. The molecule has 2 aliphatic rings. The van der Waals surface area contributed by atoms with Gasteiger partial charge in [0.2, 0.25) is 0 Å². The van der Waals surface area contributed by atoms with Crippen molar-refractivity contribution in [3.63, 3.8) is 0 Å². The molecule has 48 heavy (non-hydrogen) atoms. The van der Waals surface area contributed by atoms with E-state index in [4.69, 9.17) is 25.8 Å². The first-order valence-corrected chi connectivity index (χ1v) is 16.1. The van der Waals surface area contributed by atoms with E-state index in [0.29, 0.717) is 51.5 Å². The molecule has 0 atom stereocenters. The summed E-state index contributed by atoms with van der Waals surface area (Å²) in [5.41, 5.74) is 0.0147. The molecule has 11 heteroatoms. The fraction of sp³-hybridized carbons (Fsp3) is 0.297. The Bertz CT molecular complexity index is 2030. The molecule has 1 heterocycles. The molecular formula is C37H33ClF3N3O4. The molecule has 4 aromatic carbocycles. The second kappa shape index (κ2) is 12.5. The highest BCUT2D eigenvalue weighted by atomic mass is 35.5. The molecule has 0 aliphatic heterocycles. The Morgan fingerprint density at radius 2 is 1.81 bits per heavy atom. The van der Waals surface area contributed by atoms with Gasteiger partial charge in [0.05, 0.1) is 28.8 Å². The Kier molecular flexibility index (Phi) is 8.33. The number of rotatable bonds is 11. The normalized spacial score (nSPS) is 15.5.